The van der Waals surface area contributed by atoms with E-state index >= 15 is 0 Å². The fourth-order valence-corrected chi connectivity index (χ4v) is 11.5. The van der Waals surface area contributed by atoms with Crippen LogP contribution in [0.2, 0.25) is 5.02 Å². The van der Waals surface area contributed by atoms with Crippen molar-refractivity contribution in [3.63, 3.8) is 0 Å². The van der Waals surface area contributed by atoms with Crippen LogP contribution in [0.1, 0.15) is 79.3 Å². The number of aromatic nitrogens is 3. The molecule has 0 spiro atoms. The molecule has 25 heteroatoms. The van der Waals surface area contributed by atoms with Gasteiger partial charge in [-0.25, -0.2) is 4.79 Å². The van der Waals surface area contributed by atoms with Crippen LogP contribution in [0.25, 0.3) is 5.00 Å². The van der Waals surface area contributed by atoms with Gasteiger partial charge in [-0.2, -0.15) is 0 Å². The van der Waals surface area contributed by atoms with Gasteiger partial charge in [0.15, 0.2) is 5.82 Å². The summed E-state index contributed by atoms with van der Waals surface area (Å²) in [7, 11) is 0. The summed E-state index contributed by atoms with van der Waals surface area (Å²) in [6, 6.07) is 15.0. The van der Waals surface area contributed by atoms with Gasteiger partial charge in [-0.05, 0) is 109 Å². The highest BCUT2D eigenvalue weighted by Crippen LogP contribution is 2.40. The first-order valence-electron chi connectivity index (χ1n) is 31.1. The molecule has 0 saturated carbocycles. The summed E-state index contributed by atoms with van der Waals surface area (Å²) in [5, 5.41) is 16.2. The highest BCUT2D eigenvalue weighted by Gasteiger charge is 2.33. The van der Waals surface area contributed by atoms with Crippen molar-refractivity contribution < 1.29 is 66.4 Å². The van der Waals surface area contributed by atoms with E-state index in [1.165, 1.54) is 17.7 Å². The predicted octanol–water partition coefficient (Wildman–Crippen LogP) is 6.98. The number of amides is 2. The van der Waals surface area contributed by atoms with Gasteiger partial charge in [-0.15, -0.1) is 21.5 Å². The van der Waals surface area contributed by atoms with Crippen LogP contribution in [-0.4, -0.2) is 256 Å². The van der Waals surface area contributed by atoms with E-state index in [1.54, 1.807) is 11.3 Å². The van der Waals surface area contributed by atoms with Gasteiger partial charge in [0.25, 0.3) is 0 Å². The van der Waals surface area contributed by atoms with Crippen molar-refractivity contribution >= 4 is 46.3 Å². The summed E-state index contributed by atoms with van der Waals surface area (Å²) in [4.78, 5) is 39.2. The van der Waals surface area contributed by atoms with E-state index in [-0.39, 0.29) is 12.3 Å². The van der Waals surface area contributed by atoms with Gasteiger partial charge in [0.1, 0.15) is 34.8 Å². The molecule has 0 radical (unpaired) electrons. The fourth-order valence-electron chi connectivity index (χ4n) is 10.1. The van der Waals surface area contributed by atoms with Crippen LogP contribution in [0.3, 0.4) is 0 Å². The third-order valence-corrected chi connectivity index (χ3v) is 16.3. The molecule has 7 rings (SSSR count). The maximum Gasteiger partial charge on any atom is 0.407 e. The number of carbonyl (C=O) groups excluding carboxylic acids is 2. The number of hydrogen-bond acceptors (Lipinski definition) is 21. The molecule has 2 N–H and O–H groups in total. The molecule has 2 saturated heterocycles. The molecule has 88 heavy (non-hydrogen) atoms. The molecular formula is C63H96ClN9O14S. The number of piperidine rings is 1. The number of fused-ring (bicyclic) bond motifs is 3. The predicted molar refractivity (Wildman–Crippen MR) is 338 cm³/mol. The number of benzene rings is 2. The van der Waals surface area contributed by atoms with Crippen LogP contribution in [0.5, 0.6) is 5.75 Å². The van der Waals surface area contributed by atoms with Crippen molar-refractivity contribution in [1.82, 2.24) is 34.8 Å². The molecule has 2 aromatic carbocycles. The monoisotopic (exact) mass is 1270 g/mol. The Bertz CT molecular complexity index is 2650. The van der Waals surface area contributed by atoms with E-state index in [4.69, 9.17) is 73.4 Å². The second kappa shape index (κ2) is 39.5. The quantitative estimate of drug-likeness (QED) is 0.0427. The number of likely N-dealkylation sites (tertiary alicyclic amines) is 1. The van der Waals surface area contributed by atoms with Gasteiger partial charge >= 0.3 is 6.09 Å². The summed E-state index contributed by atoms with van der Waals surface area (Å²) in [6.45, 7) is 31.1. The van der Waals surface area contributed by atoms with E-state index in [0.717, 1.165) is 85.6 Å². The molecule has 3 aliphatic rings. The average molecular weight is 1270 g/mol. The molecule has 4 aromatic rings. The second-order valence-corrected chi connectivity index (χ2v) is 24.2. The van der Waals surface area contributed by atoms with Crippen LogP contribution in [0, 0.1) is 20.8 Å². The number of anilines is 1. The van der Waals surface area contributed by atoms with Gasteiger partial charge < -0.3 is 72.4 Å². The minimum atomic E-state index is -0.571. The van der Waals surface area contributed by atoms with Gasteiger partial charge in [-0.3, -0.25) is 24.2 Å². The largest absolute Gasteiger partial charge is 0.491 e. The lowest BCUT2D eigenvalue weighted by Gasteiger charge is -2.42. The third-order valence-electron chi connectivity index (χ3n) is 14.8. The molecule has 5 heterocycles. The Kier molecular flexibility index (Phi) is 31.7. The lowest BCUT2D eigenvalue weighted by atomic mass is 9.99. The number of alkyl carbamates (subject to hydrolysis) is 1. The summed E-state index contributed by atoms with van der Waals surface area (Å²) in [5.41, 5.74) is 4.00. The lowest BCUT2D eigenvalue weighted by Crippen LogP contribution is -2.53. The molecule has 2 amide bonds. The van der Waals surface area contributed by atoms with Crippen molar-refractivity contribution in [2.45, 2.75) is 78.5 Å². The number of rotatable bonds is 42. The highest BCUT2D eigenvalue weighted by molar-refractivity contribution is 7.15. The Hall–Kier alpha value is -4.74. The zero-order valence-electron chi connectivity index (χ0n) is 52.7. The maximum atomic E-state index is 13.6. The Morgan fingerprint density at radius 2 is 1.09 bits per heavy atom. The summed E-state index contributed by atoms with van der Waals surface area (Å²) < 4.78 is 69.6. The molecule has 2 aromatic heterocycles. The third kappa shape index (κ3) is 25.5. The maximum absolute atomic E-state index is 13.6. The standard InChI is InChI=1S/C63H96ClN9O14S/c1-48-49(2)88-61-58(48)59(51-7-9-52(64)10-8-51)67-56(60-69-68-50(3)73(60)61)47-57(74)66-53-11-13-55(14-12-53)86-46-45-85-44-43-84-42-41-83-40-36-80-33-30-77-27-24-70-18-15-54(16-19-70)72-22-20-71(21-23-72)25-28-78-31-34-81-37-39-82-38-35-79-32-29-76-26-17-65-62(75)87-63(4,5)6/h7-14,54,56H,15-47H2,1-6H3,(H,65,75)(H,66,74)/t56-/m0/s1. The van der Waals surface area contributed by atoms with Crippen LogP contribution in [0.4, 0.5) is 10.5 Å². The van der Waals surface area contributed by atoms with Crippen molar-refractivity contribution in [3.8, 4) is 10.8 Å². The number of carbonyl (C=O) groups is 2. The first-order chi connectivity index (χ1) is 42.8. The molecule has 0 unspecified atom stereocenters. The normalized spacial score (nSPS) is 16.1. The second-order valence-electron chi connectivity index (χ2n) is 22.5. The van der Waals surface area contributed by atoms with Gasteiger partial charge in [0, 0.05) is 78.6 Å². The Morgan fingerprint density at radius 3 is 1.61 bits per heavy atom. The van der Waals surface area contributed by atoms with E-state index in [1.807, 2.05) is 80.8 Å². The molecule has 2 fully saturated rings. The Morgan fingerprint density at radius 1 is 0.602 bits per heavy atom. The number of hydrogen-bond donors (Lipinski definition) is 2. The van der Waals surface area contributed by atoms with Gasteiger partial charge in [0.05, 0.1) is 144 Å². The molecular weight excluding hydrogens is 1170 g/mol. The number of ether oxygens (including phenoxy) is 12. The van der Waals surface area contributed by atoms with Crippen LogP contribution in [-0.2, 0) is 56.9 Å². The van der Waals surface area contributed by atoms with Gasteiger partial charge in [-0.1, -0.05) is 23.7 Å². The first-order valence-corrected chi connectivity index (χ1v) is 32.3. The van der Waals surface area contributed by atoms with E-state index < -0.39 is 17.7 Å². The van der Waals surface area contributed by atoms with Crippen molar-refractivity contribution in [2.75, 3.05) is 203 Å². The highest BCUT2D eigenvalue weighted by atomic mass is 35.5. The van der Waals surface area contributed by atoms with Crippen LogP contribution < -0.4 is 15.4 Å². The summed E-state index contributed by atoms with van der Waals surface area (Å²) >= 11 is 7.93. The number of aryl methyl sites for hydroxylation is 2. The number of piperazine rings is 1. The number of nitrogens with zero attached hydrogens (tertiary/aromatic N) is 7. The molecule has 1 atom stereocenters. The Balaban J connectivity index is 0.593. The summed E-state index contributed by atoms with van der Waals surface area (Å²) in [6.07, 6.45) is 2.03. The minimum absolute atomic E-state index is 0.0721. The van der Waals surface area contributed by atoms with Crippen molar-refractivity contribution in [2.24, 2.45) is 4.99 Å². The topological polar surface area (TPSA) is 222 Å². The summed E-state index contributed by atoms with van der Waals surface area (Å²) in [5.74, 6) is 1.83. The molecule has 23 nitrogen and oxygen atoms in total. The number of nitrogens with one attached hydrogen (secondary N) is 2. The molecule has 0 bridgehead atoms. The lowest BCUT2D eigenvalue weighted by molar-refractivity contribution is -0.116. The minimum Gasteiger partial charge on any atom is -0.491 e. The number of aliphatic imine (C=N–C) groups is 1. The molecule has 490 valence electrons. The van der Waals surface area contributed by atoms with Crippen molar-refractivity contribution in [3.05, 3.63) is 86.8 Å². The Labute approximate surface area is 529 Å². The van der Waals surface area contributed by atoms with E-state index in [2.05, 4.69) is 49.4 Å². The SMILES string of the molecule is Cc1sc2c(c1C)C(c1ccc(Cl)cc1)=N[C@@H](CC(=O)Nc1ccc(OCCOCCOCCOCCOCCOCCN3CCC(N4CCN(CCOCCOCCOCCOCCOCCNC(=O)OC(C)(C)C)CC4)CC3)cc1)c1nnc(C)n1-2. The smallest absolute Gasteiger partial charge is 0.407 e. The number of halogens is 1. The van der Waals surface area contributed by atoms with Crippen LogP contribution in [0.15, 0.2) is 53.5 Å². The van der Waals surface area contributed by atoms with E-state index in [0.29, 0.717) is 174 Å². The zero-order chi connectivity index (χ0) is 62.2. The molecule has 3 aliphatic heterocycles. The van der Waals surface area contributed by atoms with E-state index in [9.17, 15) is 9.59 Å². The van der Waals surface area contributed by atoms with Gasteiger partial charge in [0.2, 0.25) is 5.91 Å². The molecule has 0 aliphatic carbocycles. The van der Waals surface area contributed by atoms with Crippen LogP contribution >= 0.6 is 22.9 Å². The fraction of sp³-hybridized carbons (Fsp3) is 0.667. The number of thiophene rings is 1. The first kappa shape index (κ1) is 70.7. The zero-order valence-corrected chi connectivity index (χ0v) is 54.3. The average Bonchev–Trinajstić information content (AvgIpc) is 1.67. The van der Waals surface area contributed by atoms with Crippen molar-refractivity contribution in [1.29, 1.82) is 0 Å².